The van der Waals surface area contributed by atoms with E-state index in [4.69, 9.17) is 9.72 Å². The van der Waals surface area contributed by atoms with Crippen molar-refractivity contribution in [3.05, 3.63) is 72.1 Å². The molecule has 0 aliphatic rings. The Morgan fingerprint density at radius 2 is 1.87 bits per heavy atom. The molecule has 5 heteroatoms. The average Bonchev–Trinajstić information content (AvgIpc) is 3.11. The van der Waals surface area contributed by atoms with E-state index >= 15 is 0 Å². The predicted molar refractivity (Wildman–Crippen MR) is 127 cm³/mol. The Labute approximate surface area is 185 Å². The van der Waals surface area contributed by atoms with E-state index in [9.17, 15) is 4.79 Å². The van der Waals surface area contributed by atoms with E-state index in [1.165, 1.54) is 5.56 Å². The zero-order valence-corrected chi connectivity index (χ0v) is 18.9. The van der Waals surface area contributed by atoms with Crippen LogP contribution in [0.4, 0.5) is 0 Å². The fraction of sp³-hybridized carbons (Fsp3) is 0.385. The molecule has 31 heavy (non-hydrogen) atoms. The molecule has 3 aromatic rings. The Kier molecular flexibility index (Phi) is 7.88. The molecule has 0 aliphatic carbocycles. The van der Waals surface area contributed by atoms with Crippen molar-refractivity contribution < 1.29 is 9.53 Å². The number of aromatic nitrogens is 2. The summed E-state index contributed by atoms with van der Waals surface area (Å²) in [6, 6.07) is 16.5. The smallest absolute Gasteiger partial charge is 0.246 e. The van der Waals surface area contributed by atoms with Gasteiger partial charge in [0.1, 0.15) is 11.6 Å². The van der Waals surface area contributed by atoms with Crippen molar-refractivity contribution in [1.82, 2.24) is 14.9 Å². The summed E-state index contributed by atoms with van der Waals surface area (Å²) in [5.74, 6) is 2.37. The van der Waals surface area contributed by atoms with E-state index in [0.717, 1.165) is 48.4 Å². The van der Waals surface area contributed by atoms with Crippen LogP contribution in [0.15, 0.2) is 60.7 Å². The zero-order chi connectivity index (χ0) is 22.2. The molecule has 0 radical (unpaired) electrons. The summed E-state index contributed by atoms with van der Waals surface area (Å²) in [7, 11) is 0. The first-order valence-corrected chi connectivity index (χ1v) is 11.1. The molecular weight excluding hydrogens is 386 g/mol. The van der Waals surface area contributed by atoms with Crippen LogP contribution < -0.4 is 10.1 Å². The fourth-order valence-electron chi connectivity index (χ4n) is 3.66. The number of nitrogens with zero attached hydrogens (tertiary/aromatic N) is 2. The maximum absolute atomic E-state index is 11.7. The van der Waals surface area contributed by atoms with Crippen LogP contribution in [-0.2, 0) is 17.8 Å². The van der Waals surface area contributed by atoms with E-state index < -0.39 is 0 Å². The SMILES string of the molecule is C=C(C)C(=O)NCCCc1nc2ccccc2n1CCCOc1ccccc1C(C)C. The normalized spacial score (nSPS) is 11.1. The summed E-state index contributed by atoms with van der Waals surface area (Å²) in [6.45, 7) is 11.9. The lowest BCUT2D eigenvalue weighted by Crippen LogP contribution is -2.25. The van der Waals surface area contributed by atoms with Crippen LogP contribution in [0.1, 0.15) is 50.9 Å². The number of imidazole rings is 1. The Morgan fingerprint density at radius 3 is 2.65 bits per heavy atom. The number of carbonyl (C=O) groups excluding carboxylic acids is 1. The van der Waals surface area contributed by atoms with Gasteiger partial charge in [-0.2, -0.15) is 0 Å². The number of ether oxygens (including phenoxy) is 1. The van der Waals surface area contributed by atoms with Crippen molar-refractivity contribution >= 4 is 16.9 Å². The molecule has 0 fully saturated rings. The number of nitrogens with one attached hydrogen (secondary N) is 1. The van der Waals surface area contributed by atoms with Gasteiger partial charge in [-0.25, -0.2) is 4.98 Å². The molecule has 1 aromatic heterocycles. The fourth-order valence-corrected chi connectivity index (χ4v) is 3.66. The van der Waals surface area contributed by atoms with Gasteiger partial charge < -0.3 is 14.6 Å². The van der Waals surface area contributed by atoms with Crippen LogP contribution in [0, 0.1) is 0 Å². The van der Waals surface area contributed by atoms with Crippen LogP contribution in [0.2, 0.25) is 0 Å². The Hall–Kier alpha value is -3.08. The summed E-state index contributed by atoms with van der Waals surface area (Å²) in [4.78, 5) is 16.5. The number of para-hydroxylation sites is 3. The molecule has 3 rings (SSSR count). The Morgan fingerprint density at radius 1 is 1.13 bits per heavy atom. The van der Waals surface area contributed by atoms with Gasteiger partial charge in [-0.1, -0.05) is 50.8 Å². The number of benzene rings is 2. The maximum atomic E-state index is 11.7. The number of hydrogen-bond acceptors (Lipinski definition) is 3. The van der Waals surface area contributed by atoms with Crippen molar-refractivity contribution in [3.63, 3.8) is 0 Å². The molecule has 1 N–H and O–H groups in total. The number of carbonyl (C=O) groups is 1. The van der Waals surface area contributed by atoms with Gasteiger partial charge in [0.15, 0.2) is 0 Å². The van der Waals surface area contributed by atoms with Crippen LogP contribution in [0.25, 0.3) is 11.0 Å². The van der Waals surface area contributed by atoms with Crippen LogP contribution in [-0.4, -0.2) is 28.6 Å². The van der Waals surface area contributed by atoms with Gasteiger partial charge in [0, 0.05) is 25.1 Å². The minimum atomic E-state index is -0.0904. The highest BCUT2D eigenvalue weighted by Gasteiger charge is 2.11. The van der Waals surface area contributed by atoms with E-state index in [0.29, 0.717) is 24.6 Å². The van der Waals surface area contributed by atoms with Gasteiger partial charge in [-0.15, -0.1) is 0 Å². The lowest BCUT2D eigenvalue weighted by Gasteiger charge is -2.14. The van der Waals surface area contributed by atoms with Crippen LogP contribution >= 0.6 is 0 Å². The molecule has 0 aliphatic heterocycles. The van der Waals surface area contributed by atoms with Gasteiger partial charge in [-0.05, 0) is 49.4 Å². The van der Waals surface area contributed by atoms with E-state index in [1.54, 1.807) is 6.92 Å². The molecular formula is C26H33N3O2. The minimum Gasteiger partial charge on any atom is -0.493 e. The molecule has 2 aromatic carbocycles. The predicted octanol–water partition coefficient (Wildman–Crippen LogP) is 5.25. The summed E-state index contributed by atoms with van der Waals surface area (Å²) in [5.41, 5.74) is 3.93. The van der Waals surface area contributed by atoms with Crippen molar-refractivity contribution in [2.45, 2.75) is 52.5 Å². The highest BCUT2D eigenvalue weighted by Crippen LogP contribution is 2.26. The third kappa shape index (κ3) is 5.97. The Bertz CT molecular complexity index is 1040. The molecule has 0 spiro atoms. The second kappa shape index (κ2) is 10.8. The molecule has 0 unspecified atom stereocenters. The van der Waals surface area contributed by atoms with Gasteiger partial charge in [-0.3, -0.25) is 4.79 Å². The van der Waals surface area contributed by atoms with Crippen molar-refractivity contribution in [2.24, 2.45) is 0 Å². The molecule has 164 valence electrons. The third-order valence-electron chi connectivity index (χ3n) is 5.31. The summed E-state index contributed by atoms with van der Waals surface area (Å²) < 4.78 is 8.39. The monoisotopic (exact) mass is 419 g/mol. The molecule has 0 saturated carbocycles. The molecule has 1 amide bonds. The number of fused-ring (bicyclic) bond motifs is 1. The zero-order valence-electron chi connectivity index (χ0n) is 18.9. The van der Waals surface area contributed by atoms with Gasteiger partial charge in [0.25, 0.3) is 0 Å². The van der Waals surface area contributed by atoms with Crippen molar-refractivity contribution in [2.75, 3.05) is 13.2 Å². The van der Waals surface area contributed by atoms with Crippen LogP contribution in [0.5, 0.6) is 5.75 Å². The lowest BCUT2D eigenvalue weighted by atomic mass is 10.0. The molecule has 0 atom stereocenters. The standard InChI is InChI=1S/C26H33N3O2/c1-19(2)21-11-5-8-14-24(21)31-18-10-17-29-23-13-7-6-12-22(23)28-25(29)15-9-16-27-26(30)20(3)4/h5-8,11-14,19H,3,9-10,15-18H2,1-2,4H3,(H,27,30). The first-order chi connectivity index (χ1) is 15.0. The second-order valence-corrected chi connectivity index (χ2v) is 8.20. The molecule has 0 saturated heterocycles. The first-order valence-electron chi connectivity index (χ1n) is 11.1. The quantitative estimate of drug-likeness (QED) is 0.341. The highest BCUT2D eigenvalue weighted by atomic mass is 16.5. The van der Waals surface area contributed by atoms with E-state index in [2.05, 4.69) is 48.5 Å². The van der Waals surface area contributed by atoms with E-state index in [-0.39, 0.29) is 5.91 Å². The summed E-state index contributed by atoms with van der Waals surface area (Å²) in [5, 5.41) is 2.89. The average molecular weight is 420 g/mol. The number of aryl methyl sites for hydroxylation is 2. The van der Waals surface area contributed by atoms with Gasteiger partial charge in [0.05, 0.1) is 17.6 Å². The maximum Gasteiger partial charge on any atom is 0.246 e. The van der Waals surface area contributed by atoms with Gasteiger partial charge in [0.2, 0.25) is 5.91 Å². The van der Waals surface area contributed by atoms with Crippen molar-refractivity contribution in [1.29, 1.82) is 0 Å². The van der Waals surface area contributed by atoms with E-state index in [1.807, 2.05) is 30.3 Å². The van der Waals surface area contributed by atoms with Crippen LogP contribution in [0.3, 0.4) is 0 Å². The second-order valence-electron chi connectivity index (χ2n) is 8.20. The lowest BCUT2D eigenvalue weighted by molar-refractivity contribution is -0.117. The minimum absolute atomic E-state index is 0.0904. The number of hydrogen-bond donors (Lipinski definition) is 1. The molecule has 5 nitrogen and oxygen atoms in total. The highest BCUT2D eigenvalue weighted by molar-refractivity contribution is 5.92. The van der Waals surface area contributed by atoms with Gasteiger partial charge >= 0.3 is 0 Å². The number of rotatable bonds is 11. The largest absolute Gasteiger partial charge is 0.493 e. The first kappa shape index (κ1) is 22.6. The summed E-state index contributed by atoms with van der Waals surface area (Å²) >= 11 is 0. The topological polar surface area (TPSA) is 56.2 Å². The number of amides is 1. The molecule has 0 bridgehead atoms. The Balaban J connectivity index is 1.61. The molecule has 1 heterocycles. The summed E-state index contributed by atoms with van der Waals surface area (Å²) in [6.07, 6.45) is 2.54. The van der Waals surface area contributed by atoms with Crippen molar-refractivity contribution in [3.8, 4) is 5.75 Å². The third-order valence-corrected chi connectivity index (χ3v) is 5.31.